The van der Waals surface area contributed by atoms with Crippen molar-refractivity contribution >= 4 is 29.1 Å². The van der Waals surface area contributed by atoms with E-state index in [1.807, 2.05) is 83.8 Å². The molecule has 0 saturated carbocycles. The molecule has 0 aromatic heterocycles. The van der Waals surface area contributed by atoms with E-state index in [0.29, 0.717) is 31.0 Å². The third-order valence-corrected chi connectivity index (χ3v) is 10.4. The van der Waals surface area contributed by atoms with Crippen LogP contribution in [0.15, 0.2) is 91.0 Å². The first-order chi connectivity index (χ1) is 23.6. The number of fused-ring (bicyclic) bond motifs is 4. The first-order valence-electron chi connectivity index (χ1n) is 16.8. The molecule has 3 aliphatic rings. The van der Waals surface area contributed by atoms with Crippen LogP contribution in [0.2, 0.25) is 5.02 Å². The number of benzene rings is 4. The summed E-state index contributed by atoms with van der Waals surface area (Å²) in [6.07, 6.45) is -2.58. The van der Waals surface area contributed by atoms with Gasteiger partial charge >= 0.3 is 6.18 Å². The number of carbonyl (C=O) groups excluding carboxylic acids is 2. The van der Waals surface area contributed by atoms with Crippen LogP contribution in [0.5, 0.6) is 0 Å². The van der Waals surface area contributed by atoms with Crippen molar-refractivity contribution in [2.75, 3.05) is 44.2 Å². The lowest BCUT2D eigenvalue weighted by atomic mass is 9.73. The molecule has 4 aromatic carbocycles. The van der Waals surface area contributed by atoms with E-state index in [4.69, 9.17) is 11.6 Å². The van der Waals surface area contributed by atoms with Gasteiger partial charge in [-0.05, 0) is 77.0 Å². The first kappa shape index (κ1) is 33.2. The minimum Gasteiger partial charge on any atom is -0.369 e. The topological polar surface area (TPSA) is 55.9 Å². The monoisotopic (exact) mass is 686 g/mol. The van der Waals surface area contributed by atoms with Crippen LogP contribution in [0.25, 0.3) is 11.1 Å². The summed E-state index contributed by atoms with van der Waals surface area (Å²) in [6.45, 7) is 3.93. The highest BCUT2D eigenvalue weighted by Gasteiger charge is 2.49. The van der Waals surface area contributed by atoms with Crippen LogP contribution in [-0.4, -0.2) is 67.1 Å². The number of anilines is 1. The maximum atomic E-state index is 13.8. The number of nitrogens with zero attached hydrogens (tertiary/aromatic N) is 3. The molecule has 0 radical (unpaired) electrons. The van der Waals surface area contributed by atoms with Gasteiger partial charge in [-0.2, -0.15) is 13.2 Å². The van der Waals surface area contributed by atoms with Gasteiger partial charge in [0.05, 0.1) is 0 Å². The highest BCUT2D eigenvalue weighted by Crippen LogP contribution is 2.51. The SMILES string of the molecule is O=C1c2cc(N3CCN(CCCCC4(C(=O)NCC(F)(F)F)c5ccccc5-c5ccccc54)CC3)ccc2CN1Cc1cccc(Cl)c1. The fourth-order valence-electron chi connectivity index (χ4n) is 7.77. The molecule has 6 nitrogen and oxygen atoms in total. The maximum Gasteiger partial charge on any atom is 0.405 e. The number of rotatable bonds is 10. The zero-order chi connectivity index (χ0) is 34.2. The fraction of sp³-hybridized carbons (Fsp3) is 0.333. The molecule has 0 spiro atoms. The summed E-state index contributed by atoms with van der Waals surface area (Å²) >= 11 is 6.15. The highest BCUT2D eigenvalue weighted by molar-refractivity contribution is 6.30. The molecule has 2 aliphatic heterocycles. The molecule has 49 heavy (non-hydrogen) atoms. The van der Waals surface area contributed by atoms with Gasteiger partial charge in [-0.1, -0.05) is 84.8 Å². The standard InChI is InChI=1S/C39H38ClF3N4O2/c40-29-9-7-8-27(22-29)24-47-25-28-14-15-30(23-33(28)36(47)48)46-20-18-45(19-21-46)17-6-5-16-38(37(49)44-26-39(41,42)43)34-12-3-1-10-31(34)32-11-2-4-13-35(32)38/h1-4,7-15,22-23H,5-6,16-21,24-26H2,(H,44,49). The number of amides is 2. The molecule has 1 N–H and O–H groups in total. The fourth-order valence-corrected chi connectivity index (χ4v) is 7.98. The highest BCUT2D eigenvalue weighted by atomic mass is 35.5. The Hall–Kier alpha value is -4.34. The van der Waals surface area contributed by atoms with E-state index in [0.717, 1.165) is 83.8 Å². The summed E-state index contributed by atoms with van der Waals surface area (Å²) in [5.41, 5.74) is 6.00. The Kier molecular flexibility index (Phi) is 9.15. The number of alkyl halides is 3. The minimum absolute atomic E-state index is 0.0350. The molecule has 2 heterocycles. The van der Waals surface area contributed by atoms with Crippen molar-refractivity contribution in [2.45, 2.75) is 43.9 Å². The van der Waals surface area contributed by atoms with Crippen molar-refractivity contribution in [3.63, 3.8) is 0 Å². The van der Waals surface area contributed by atoms with Crippen molar-refractivity contribution in [2.24, 2.45) is 0 Å². The Morgan fingerprint density at radius 3 is 2.18 bits per heavy atom. The van der Waals surface area contributed by atoms with Gasteiger partial charge in [0, 0.05) is 55.5 Å². The predicted molar refractivity (Wildman–Crippen MR) is 186 cm³/mol. The van der Waals surface area contributed by atoms with Gasteiger partial charge in [-0.15, -0.1) is 0 Å². The van der Waals surface area contributed by atoms with E-state index in [-0.39, 0.29) is 5.91 Å². The maximum absolute atomic E-state index is 13.8. The molecule has 7 rings (SSSR count). The molecule has 1 saturated heterocycles. The van der Waals surface area contributed by atoms with Crippen molar-refractivity contribution < 1.29 is 22.8 Å². The number of unbranched alkanes of at least 4 members (excludes halogenated alkanes) is 1. The smallest absolute Gasteiger partial charge is 0.369 e. The Morgan fingerprint density at radius 2 is 1.51 bits per heavy atom. The summed E-state index contributed by atoms with van der Waals surface area (Å²) < 4.78 is 39.6. The molecule has 1 fully saturated rings. The van der Waals surface area contributed by atoms with Gasteiger partial charge < -0.3 is 15.1 Å². The number of hydrogen-bond acceptors (Lipinski definition) is 4. The van der Waals surface area contributed by atoms with Crippen molar-refractivity contribution in [3.05, 3.63) is 124 Å². The number of halogens is 4. The molecule has 4 aromatic rings. The van der Waals surface area contributed by atoms with Crippen LogP contribution in [0.4, 0.5) is 18.9 Å². The lowest BCUT2D eigenvalue weighted by Crippen LogP contribution is -2.47. The zero-order valence-electron chi connectivity index (χ0n) is 27.1. The lowest BCUT2D eigenvalue weighted by Gasteiger charge is -2.36. The summed E-state index contributed by atoms with van der Waals surface area (Å²) in [7, 11) is 0. The Bertz CT molecular complexity index is 1830. The lowest BCUT2D eigenvalue weighted by molar-refractivity contribution is -0.141. The van der Waals surface area contributed by atoms with Crippen LogP contribution in [0, 0.1) is 0 Å². The molecule has 0 bridgehead atoms. The van der Waals surface area contributed by atoms with Crippen molar-refractivity contribution in [1.82, 2.24) is 15.1 Å². The molecule has 1 aliphatic carbocycles. The second-order valence-electron chi connectivity index (χ2n) is 13.2. The van der Waals surface area contributed by atoms with Crippen LogP contribution in [0.1, 0.15) is 51.9 Å². The summed E-state index contributed by atoms with van der Waals surface area (Å²) in [5, 5.41) is 2.88. The van der Waals surface area contributed by atoms with Crippen LogP contribution in [0.3, 0.4) is 0 Å². The average molecular weight is 687 g/mol. The number of carbonyl (C=O) groups is 2. The third kappa shape index (κ3) is 6.66. The Morgan fingerprint density at radius 1 is 0.816 bits per heavy atom. The van der Waals surface area contributed by atoms with E-state index in [2.05, 4.69) is 27.2 Å². The van der Waals surface area contributed by atoms with Crippen molar-refractivity contribution in [3.8, 4) is 11.1 Å². The third-order valence-electron chi connectivity index (χ3n) is 10.1. The summed E-state index contributed by atoms with van der Waals surface area (Å²) in [6, 6.07) is 28.9. The second kappa shape index (κ2) is 13.5. The van der Waals surface area contributed by atoms with Gasteiger partial charge in [-0.3, -0.25) is 14.5 Å². The normalized spacial score (nSPS) is 16.8. The van der Waals surface area contributed by atoms with Gasteiger partial charge in [-0.25, -0.2) is 0 Å². The van der Waals surface area contributed by atoms with Gasteiger partial charge in [0.25, 0.3) is 5.91 Å². The van der Waals surface area contributed by atoms with Gasteiger partial charge in [0.2, 0.25) is 5.91 Å². The Balaban J connectivity index is 0.962. The zero-order valence-corrected chi connectivity index (χ0v) is 27.9. The number of hydrogen-bond donors (Lipinski definition) is 1. The van der Waals surface area contributed by atoms with E-state index < -0.39 is 24.0 Å². The predicted octanol–water partition coefficient (Wildman–Crippen LogP) is 7.43. The molecular weight excluding hydrogens is 649 g/mol. The molecule has 0 unspecified atom stereocenters. The Labute approximate surface area is 289 Å². The second-order valence-corrected chi connectivity index (χ2v) is 13.6. The van der Waals surface area contributed by atoms with Crippen LogP contribution >= 0.6 is 11.6 Å². The quantitative estimate of drug-likeness (QED) is 0.176. The van der Waals surface area contributed by atoms with E-state index >= 15 is 0 Å². The van der Waals surface area contributed by atoms with E-state index in [1.54, 1.807) is 0 Å². The molecule has 254 valence electrons. The van der Waals surface area contributed by atoms with Crippen LogP contribution < -0.4 is 10.2 Å². The molecule has 10 heteroatoms. The van der Waals surface area contributed by atoms with Gasteiger partial charge in [0.15, 0.2) is 0 Å². The summed E-state index contributed by atoms with van der Waals surface area (Å²) in [4.78, 5) is 33.6. The first-order valence-corrected chi connectivity index (χ1v) is 17.2. The molecular formula is C39H38ClF3N4O2. The summed E-state index contributed by atoms with van der Waals surface area (Å²) in [5.74, 6) is -0.566. The van der Waals surface area contributed by atoms with Gasteiger partial charge in [0.1, 0.15) is 12.0 Å². The molecule has 2 amide bonds. The number of nitrogens with one attached hydrogen (secondary N) is 1. The van der Waals surface area contributed by atoms with Crippen molar-refractivity contribution in [1.29, 1.82) is 0 Å². The molecule has 0 atom stereocenters. The van der Waals surface area contributed by atoms with Crippen LogP contribution in [-0.2, 0) is 23.3 Å². The minimum atomic E-state index is -4.50. The average Bonchev–Trinajstić information content (AvgIpc) is 3.57. The largest absolute Gasteiger partial charge is 0.405 e. The van der Waals surface area contributed by atoms with E-state index in [1.165, 1.54) is 0 Å². The van der Waals surface area contributed by atoms with E-state index in [9.17, 15) is 22.8 Å². The number of piperazine rings is 1.